The first-order chi connectivity index (χ1) is 9.78. The number of hydrogen-bond acceptors (Lipinski definition) is 5. The Morgan fingerprint density at radius 3 is 2.65 bits per heavy atom. The van der Waals surface area contributed by atoms with Crippen molar-refractivity contribution in [3.63, 3.8) is 0 Å². The zero-order valence-corrected chi connectivity index (χ0v) is 11.2. The lowest BCUT2D eigenvalue weighted by molar-refractivity contribution is -0.208. The van der Waals surface area contributed by atoms with Gasteiger partial charge in [-0.3, -0.25) is 9.63 Å². The van der Waals surface area contributed by atoms with Crippen molar-refractivity contribution < 1.29 is 19.1 Å². The Bertz CT molecular complexity index is 512. The molecule has 1 spiro atoms. The van der Waals surface area contributed by atoms with E-state index in [2.05, 4.69) is 12.1 Å². The van der Waals surface area contributed by atoms with Gasteiger partial charge in [0.15, 0.2) is 0 Å². The van der Waals surface area contributed by atoms with Gasteiger partial charge in [-0.15, -0.1) is 0 Å². The predicted octanol–water partition coefficient (Wildman–Crippen LogP) is 1.28. The second kappa shape index (κ2) is 4.63. The van der Waals surface area contributed by atoms with Gasteiger partial charge in [0.05, 0.1) is 19.3 Å². The number of carbonyl (C=O) groups excluding carboxylic acids is 1. The normalized spacial score (nSPS) is 32.1. The van der Waals surface area contributed by atoms with Crippen molar-refractivity contribution in [3.05, 3.63) is 35.9 Å². The van der Waals surface area contributed by atoms with Crippen LogP contribution in [0.1, 0.15) is 18.4 Å². The highest BCUT2D eigenvalue weighted by Crippen LogP contribution is 2.45. The molecule has 0 aromatic heterocycles. The Morgan fingerprint density at radius 1 is 1.15 bits per heavy atom. The molecule has 4 rings (SSSR count). The van der Waals surface area contributed by atoms with Gasteiger partial charge in [0.1, 0.15) is 11.9 Å². The number of carbonyl (C=O) groups is 1. The van der Waals surface area contributed by atoms with Crippen LogP contribution < -0.4 is 0 Å². The molecule has 3 aliphatic rings. The van der Waals surface area contributed by atoms with E-state index in [1.807, 2.05) is 23.3 Å². The number of ketones is 1. The van der Waals surface area contributed by atoms with Crippen molar-refractivity contribution in [2.75, 3.05) is 13.2 Å². The number of rotatable bonds is 2. The van der Waals surface area contributed by atoms with Crippen LogP contribution in [-0.4, -0.2) is 42.0 Å². The fraction of sp³-hybridized carbons (Fsp3) is 0.533. The number of Topliss-reactive ketones (excluding diaryl/α,β-unsaturated/α-hetero) is 1. The van der Waals surface area contributed by atoms with Crippen molar-refractivity contribution in [3.8, 4) is 0 Å². The quantitative estimate of drug-likeness (QED) is 0.813. The molecule has 2 bridgehead atoms. The summed E-state index contributed by atoms with van der Waals surface area (Å²) in [6.45, 7) is 1.79. The van der Waals surface area contributed by atoms with E-state index in [0.717, 1.165) is 5.56 Å². The molecule has 2 atom stereocenters. The number of benzene rings is 1. The number of ether oxygens (including phenoxy) is 2. The third-order valence-corrected chi connectivity index (χ3v) is 4.28. The van der Waals surface area contributed by atoms with Gasteiger partial charge >= 0.3 is 0 Å². The van der Waals surface area contributed by atoms with Crippen molar-refractivity contribution in [1.29, 1.82) is 0 Å². The van der Waals surface area contributed by atoms with Gasteiger partial charge in [-0.1, -0.05) is 30.3 Å². The molecule has 1 aromatic rings. The molecule has 20 heavy (non-hydrogen) atoms. The summed E-state index contributed by atoms with van der Waals surface area (Å²) in [7, 11) is 0. The Morgan fingerprint density at radius 2 is 1.90 bits per heavy atom. The monoisotopic (exact) mass is 275 g/mol. The molecule has 0 amide bonds. The molecule has 2 unspecified atom stereocenters. The van der Waals surface area contributed by atoms with Gasteiger partial charge in [-0.05, 0) is 5.56 Å². The smallest absolute Gasteiger partial charge is 0.216 e. The minimum Gasteiger partial charge on any atom is -0.344 e. The van der Waals surface area contributed by atoms with Gasteiger partial charge in [-0.2, -0.15) is 5.06 Å². The Labute approximate surface area is 117 Å². The largest absolute Gasteiger partial charge is 0.344 e. The zero-order chi connectivity index (χ0) is 13.6. The van der Waals surface area contributed by atoms with Gasteiger partial charge < -0.3 is 9.47 Å². The summed E-state index contributed by atoms with van der Waals surface area (Å²) >= 11 is 0. The molecule has 1 aromatic carbocycles. The summed E-state index contributed by atoms with van der Waals surface area (Å²) in [6.07, 6.45) is 0.505. The summed E-state index contributed by atoms with van der Waals surface area (Å²) in [5.41, 5.74) is 1.15. The highest BCUT2D eigenvalue weighted by Gasteiger charge is 2.63. The van der Waals surface area contributed by atoms with Crippen LogP contribution in [-0.2, 0) is 25.7 Å². The van der Waals surface area contributed by atoms with E-state index in [9.17, 15) is 4.79 Å². The molecular formula is C15H17NO4. The number of hydroxylamine groups is 2. The zero-order valence-electron chi connectivity index (χ0n) is 11.2. The molecule has 106 valence electrons. The molecular weight excluding hydrogens is 258 g/mol. The third-order valence-electron chi connectivity index (χ3n) is 4.28. The Hall–Kier alpha value is -1.27. The van der Waals surface area contributed by atoms with Gasteiger partial charge in [0.25, 0.3) is 0 Å². The maximum absolute atomic E-state index is 11.8. The van der Waals surface area contributed by atoms with Crippen molar-refractivity contribution in [2.45, 2.75) is 37.3 Å². The molecule has 2 saturated heterocycles. The lowest BCUT2D eigenvalue weighted by atomic mass is 9.86. The fourth-order valence-electron chi connectivity index (χ4n) is 3.39. The average Bonchev–Trinajstić information content (AvgIpc) is 2.98. The standard InChI is InChI=1S/C15H17NO4/c17-12-8-13-15(18-6-7-19-15)14(9-12)20-16(13)10-11-4-2-1-3-5-11/h1-5,13-14H,6-10H2. The van der Waals surface area contributed by atoms with Crippen molar-refractivity contribution in [2.24, 2.45) is 0 Å². The molecule has 0 N–H and O–H groups in total. The van der Waals surface area contributed by atoms with E-state index in [1.54, 1.807) is 0 Å². The van der Waals surface area contributed by atoms with Crippen LogP contribution in [0.3, 0.4) is 0 Å². The summed E-state index contributed by atoms with van der Waals surface area (Å²) in [5, 5.41) is 1.87. The SMILES string of the molecule is O=C1CC2ON(Cc3ccccc3)C(C1)C21OCCO1. The number of nitrogens with zero attached hydrogens (tertiary/aromatic N) is 1. The van der Waals surface area contributed by atoms with E-state index in [4.69, 9.17) is 14.3 Å². The summed E-state index contributed by atoms with van der Waals surface area (Å²) in [6, 6.07) is 9.95. The second-order valence-electron chi connectivity index (χ2n) is 5.54. The first-order valence-corrected chi connectivity index (χ1v) is 7.05. The Balaban J connectivity index is 1.61. The van der Waals surface area contributed by atoms with E-state index in [1.165, 1.54) is 0 Å². The maximum atomic E-state index is 11.8. The Kier molecular flexibility index (Phi) is 2.89. The topological polar surface area (TPSA) is 48.0 Å². The predicted molar refractivity (Wildman–Crippen MR) is 69.5 cm³/mol. The molecule has 1 saturated carbocycles. The minimum absolute atomic E-state index is 0.142. The molecule has 5 heteroatoms. The molecule has 1 aliphatic carbocycles. The second-order valence-corrected chi connectivity index (χ2v) is 5.54. The van der Waals surface area contributed by atoms with Gasteiger partial charge in [0.2, 0.25) is 5.79 Å². The van der Waals surface area contributed by atoms with E-state index in [0.29, 0.717) is 32.6 Å². The van der Waals surface area contributed by atoms with Gasteiger partial charge in [-0.25, -0.2) is 0 Å². The van der Waals surface area contributed by atoms with Crippen molar-refractivity contribution >= 4 is 5.78 Å². The van der Waals surface area contributed by atoms with Crippen LogP contribution in [0, 0.1) is 0 Å². The first kappa shape index (κ1) is 12.5. The average molecular weight is 275 g/mol. The maximum Gasteiger partial charge on any atom is 0.216 e. The molecule has 2 aliphatic heterocycles. The highest BCUT2D eigenvalue weighted by molar-refractivity contribution is 5.81. The molecule has 5 nitrogen and oxygen atoms in total. The summed E-state index contributed by atoms with van der Waals surface area (Å²) in [5.74, 6) is -0.511. The van der Waals surface area contributed by atoms with E-state index >= 15 is 0 Å². The molecule has 2 heterocycles. The lowest BCUT2D eigenvalue weighted by Crippen LogP contribution is -2.54. The first-order valence-electron chi connectivity index (χ1n) is 7.05. The minimum atomic E-state index is -0.733. The van der Waals surface area contributed by atoms with Crippen LogP contribution in [0.4, 0.5) is 0 Å². The summed E-state index contributed by atoms with van der Waals surface area (Å²) in [4.78, 5) is 17.8. The summed E-state index contributed by atoms with van der Waals surface area (Å²) < 4.78 is 11.7. The lowest BCUT2D eigenvalue weighted by Gasteiger charge is -2.35. The number of hydrogen-bond donors (Lipinski definition) is 0. The van der Waals surface area contributed by atoms with Crippen LogP contribution in [0.2, 0.25) is 0 Å². The van der Waals surface area contributed by atoms with Crippen LogP contribution in [0.25, 0.3) is 0 Å². The van der Waals surface area contributed by atoms with Crippen molar-refractivity contribution in [1.82, 2.24) is 5.06 Å². The van der Waals surface area contributed by atoms with E-state index < -0.39 is 5.79 Å². The van der Waals surface area contributed by atoms with Crippen LogP contribution >= 0.6 is 0 Å². The van der Waals surface area contributed by atoms with E-state index in [-0.39, 0.29) is 17.9 Å². The highest BCUT2D eigenvalue weighted by atomic mass is 16.8. The van der Waals surface area contributed by atoms with Crippen LogP contribution in [0.15, 0.2) is 30.3 Å². The van der Waals surface area contributed by atoms with Crippen LogP contribution in [0.5, 0.6) is 0 Å². The fourth-order valence-corrected chi connectivity index (χ4v) is 3.39. The molecule has 3 fully saturated rings. The molecule has 0 radical (unpaired) electrons. The third kappa shape index (κ3) is 1.82. The van der Waals surface area contributed by atoms with Gasteiger partial charge in [0, 0.05) is 19.4 Å².